The van der Waals surface area contributed by atoms with Gasteiger partial charge in [0.25, 0.3) is 0 Å². The zero-order valence-electron chi connectivity index (χ0n) is 15.8. The number of anilines is 1. The summed E-state index contributed by atoms with van der Waals surface area (Å²) >= 11 is 0. The standard InChI is InChI=1S/C22H27N3O2/c26-21-22(9-3-12-25(21)18-7-14-27-15-8-18)10-13-24(16-22)20-19-5-2-1-4-17(19)6-11-23-20/h1-2,4-6,11,18H,3,7-10,12-16H2. The van der Waals surface area contributed by atoms with Crippen molar-refractivity contribution in [2.75, 3.05) is 37.7 Å². The highest BCUT2D eigenvalue weighted by atomic mass is 16.5. The van der Waals surface area contributed by atoms with Crippen molar-refractivity contribution in [1.82, 2.24) is 9.88 Å². The Kier molecular flexibility index (Phi) is 4.27. The first-order valence-electron chi connectivity index (χ1n) is 10.2. The second-order valence-corrected chi connectivity index (χ2v) is 8.25. The Balaban J connectivity index is 1.41. The number of piperidine rings is 1. The van der Waals surface area contributed by atoms with Gasteiger partial charge in [0.15, 0.2) is 0 Å². The number of benzene rings is 1. The van der Waals surface area contributed by atoms with Crippen LogP contribution in [0.1, 0.15) is 32.1 Å². The van der Waals surface area contributed by atoms with Crippen molar-refractivity contribution in [1.29, 1.82) is 0 Å². The molecular formula is C22H27N3O2. The molecule has 3 aliphatic heterocycles. The van der Waals surface area contributed by atoms with Crippen LogP contribution in [-0.2, 0) is 9.53 Å². The van der Waals surface area contributed by atoms with Crippen LogP contribution < -0.4 is 4.90 Å². The van der Waals surface area contributed by atoms with E-state index in [0.717, 1.165) is 70.8 Å². The van der Waals surface area contributed by atoms with Gasteiger partial charge in [0.1, 0.15) is 5.82 Å². The number of amides is 1. The van der Waals surface area contributed by atoms with Gasteiger partial charge in [-0.15, -0.1) is 0 Å². The fourth-order valence-corrected chi connectivity index (χ4v) is 5.23. The summed E-state index contributed by atoms with van der Waals surface area (Å²) < 4.78 is 5.50. The number of likely N-dealkylation sites (tertiary alicyclic amines) is 1. The molecule has 0 aliphatic carbocycles. The number of aromatic nitrogens is 1. The molecule has 1 spiro atoms. The van der Waals surface area contributed by atoms with E-state index in [1.807, 2.05) is 6.20 Å². The lowest BCUT2D eigenvalue weighted by molar-refractivity contribution is -0.149. The van der Waals surface area contributed by atoms with E-state index >= 15 is 0 Å². The number of hydrogen-bond acceptors (Lipinski definition) is 4. The molecule has 1 aromatic carbocycles. The number of carbonyl (C=O) groups excluding carboxylic acids is 1. The Bertz CT molecular complexity index is 843. The summed E-state index contributed by atoms with van der Waals surface area (Å²) in [4.78, 5) is 22.7. The Labute approximate surface area is 160 Å². The largest absolute Gasteiger partial charge is 0.381 e. The number of rotatable bonds is 2. The van der Waals surface area contributed by atoms with Gasteiger partial charge in [-0.05, 0) is 43.6 Å². The summed E-state index contributed by atoms with van der Waals surface area (Å²) in [5, 5.41) is 2.39. The summed E-state index contributed by atoms with van der Waals surface area (Å²) in [6.45, 7) is 4.19. The maximum absolute atomic E-state index is 13.5. The van der Waals surface area contributed by atoms with Gasteiger partial charge in [0.05, 0.1) is 5.41 Å². The Morgan fingerprint density at radius 2 is 1.93 bits per heavy atom. The number of pyridine rings is 1. The fraction of sp³-hybridized carbons (Fsp3) is 0.545. The van der Waals surface area contributed by atoms with E-state index in [2.05, 4.69) is 45.1 Å². The quantitative estimate of drug-likeness (QED) is 0.820. The highest BCUT2D eigenvalue weighted by molar-refractivity contribution is 5.93. The average Bonchev–Trinajstić information content (AvgIpc) is 3.15. The highest BCUT2D eigenvalue weighted by Crippen LogP contribution is 2.43. The third-order valence-electron chi connectivity index (χ3n) is 6.71. The van der Waals surface area contributed by atoms with Crippen LogP contribution in [-0.4, -0.2) is 54.7 Å². The predicted molar refractivity (Wildman–Crippen MR) is 106 cm³/mol. The lowest BCUT2D eigenvalue weighted by atomic mass is 9.77. The van der Waals surface area contributed by atoms with Crippen molar-refractivity contribution in [3.63, 3.8) is 0 Å². The molecule has 1 atom stereocenters. The first-order chi connectivity index (χ1) is 13.3. The SMILES string of the molecule is O=C1N(C2CCOCC2)CCCC12CCN(c1nccc3ccccc13)C2. The molecule has 2 aromatic rings. The van der Waals surface area contributed by atoms with E-state index < -0.39 is 0 Å². The van der Waals surface area contributed by atoms with Gasteiger partial charge >= 0.3 is 0 Å². The molecule has 0 N–H and O–H groups in total. The van der Waals surface area contributed by atoms with E-state index in [1.54, 1.807) is 0 Å². The Hall–Kier alpha value is -2.14. The molecule has 0 saturated carbocycles. The third-order valence-corrected chi connectivity index (χ3v) is 6.71. The molecule has 0 bridgehead atoms. The third kappa shape index (κ3) is 2.89. The van der Waals surface area contributed by atoms with Gasteiger partial charge in [0.2, 0.25) is 5.91 Å². The van der Waals surface area contributed by atoms with Crippen LogP contribution in [0.5, 0.6) is 0 Å². The second kappa shape index (κ2) is 6.79. The Morgan fingerprint density at radius 1 is 1.07 bits per heavy atom. The monoisotopic (exact) mass is 365 g/mol. The van der Waals surface area contributed by atoms with Crippen molar-refractivity contribution in [3.8, 4) is 0 Å². The van der Waals surface area contributed by atoms with Crippen molar-refractivity contribution < 1.29 is 9.53 Å². The summed E-state index contributed by atoms with van der Waals surface area (Å²) in [7, 11) is 0. The second-order valence-electron chi connectivity index (χ2n) is 8.25. The van der Waals surface area contributed by atoms with Gasteiger partial charge < -0.3 is 14.5 Å². The number of ether oxygens (including phenoxy) is 1. The predicted octanol–water partition coefficient (Wildman–Crippen LogP) is 3.23. The zero-order chi connectivity index (χ0) is 18.3. The van der Waals surface area contributed by atoms with E-state index in [-0.39, 0.29) is 5.41 Å². The zero-order valence-corrected chi connectivity index (χ0v) is 15.8. The van der Waals surface area contributed by atoms with Gasteiger partial charge in [-0.25, -0.2) is 4.98 Å². The van der Waals surface area contributed by atoms with Gasteiger partial charge in [-0.2, -0.15) is 0 Å². The van der Waals surface area contributed by atoms with Crippen molar-refractivity contribution in [3.05, 3.63) is 36.5 Å². The molecule has 1 aromatic heterocycles. The first kappa shape index (κ1) is 17.0. The van der Waals surface area contributed by atoms with Gasteiger partial charge in [0, 0.05) is 50.5 Å². The summed E-state index contributed by atoms with van der Waals surface area (Å²) in [5.74, 6) is 1.41. The lowest BCUT2D eigenvalue weighted by Gasteiger charge is -2.44. The molecule has 4 heterocycles. The minimum Gasteiger partial charge on any atom is -0.381 e. The molecule has 5 heteroatoms. The van der Waals surface area contributed by atoms with Crippen LogP contribution in [0.3, 0.4) is 0 Å². The number of fused-ring (bicyclic) bond motifs is 1. The van der Waals surface area contributed by atoms with E-state index in [9.17, 15) is 4.79 Å². The maximum atomic E-state index is 13.5. The molecule has 3 fully saturated rings. The lowest BCUT2D eigenvalue weighted by Crippen LogP contribution is -2.54. The molecular weight excluding hydrogens is 338 g/mol. The number of carbonyl (C=O) groups is 1. The molecule has 0 radical (unpaired) electrons. The van der Waals surface area contributed by atoms with Crippen molar-refractivity contribution in [2.24, 2.45) is 5.41 Å². The summed E-state index contributed by atoms with van der Waals surface area (Å²) in [6, 6.07) is 10.8. The van der Waals surface area contributed by atoms with Crippen LogP contribution in [0.25, 0.3) is 10.8 Å². The molecule has 3 aliphatic rings. The van der Waals surface area contributed by atoms with Crippen LogP contribution in [0.2, 0.25) is 0 Å². The summed E-state index contributed by atoms with van der Waals surface area (Å²) in [5.41, 5.74) is -0.227. The molecule has 142 valence electrons. The van der Waals surface area contributed by atoms with Gasteiger partial charge in [-0.1, -0.05) is 24.3 Å². The summed E-state index contributed by atoms with van der Waals surface area (Å²) in [6.07, 6.45) is 6.91. The van der Waals surface area contributed by atoms with Gasteiger partial charge in [-0.3, -0.25) is 4.79 Å². The first-order valence-corrected chi connectivity index (χ1v) is 10.2. The van der Waals surface area contributed by atoms with Crippen LogP contribution in [0.4, 0.5) is 5.82 Å². The maximum Gasteiger partial charge on any atom is 0.230 e. The molecule has 27 heavy (non-hydrogen) atoms. The number of nitrogens with zero attached hydrogens (tertiary/aromatic N) is 3. The van der Waals surface area contributed by atoms with Crippen molar-refractivity contribution >= 4 is 22.5 Å². The van der Waals surface area contributed by atoms with E-state index in [0.29, 0.717) is 11.9 Å². The molecule has 1 unspecified atom stereocenters. The minimum absolute atomic E-state index is 0.227. The highest BCUT2D eigenvalue weighted by Gasteiger charge is 2.50. The molecule has 3 saturated heterocycles. The normalized spacial score (nSPS) is 27.0. The van der Waals surface area contributed by atoms with Crippen molar-refractivity contribution in [2.45, 2.75) is 38.1 Å². The number of hydrogen-bond donors (Lipinski definition) is 0. The Morgan fingerprint density at radius 3 is 2.81 bits per heavy atom. The topological polar surface area (TPSA) is 45.7 Å². The van der Waals surface area contributed by atoms with Crippen LogP contribution in [0, 0.1) is 5.41 Å². The smallest absolute Gasteiger partial charge is 0.230 e. The van der Waals surface area contributed by atoms with E-state index in [1.165, 1.54) is 10.8 Å². The minimum atomic E-state index is -0.227. The molecule has 1 amide bonds. The average molecular weight is 365 g/mol. The van der Waals surface area contributed by atoms with Crippen LogP contribution >= 0.6 is 0 Å². The molecule has 5 rings (SSSR count). The van der Waals surface area contributed by atoms with Crippen LogP contribution in [0.15, 0.2) is 36.5 Å². The van der Waals surface area contributed by atoms with E-state index in [4.69, 9.17) is 4.74 Å². The molecule has 5 nitrogen and oxygen atoms in total. The fourth-order valence-electron chi connectivity index (χ4n) is 5.23.